The van der Waals surface area contributed by atoms with Crippen molar-refractivity contribution in [3.8, 4) is 0 Å². The van der Waals surface area contributed by atoms with E-state index in [4.69, 9.17) is 16.7 Å². The lowest BCUT2D eigenvalue weighted by molar-refractivity contribution is -0.135. The number of hydrogen-bond donors (Lipinski definition) is 1. The SMILES string of the molecule is CC1=C(c2ccccc2Cl)SC2C1C(=O)N(CCCO)C(=O)N2C. The number of carbonyl (C=O) groups excluding carboxylic acids is 2. The minimum Gasteiger partial charge on any atom is -0.396 e. The summed E-state index contributed by atoms with van der Waals surface area (Å²) in [5.74, 6) is -0.564. The van der Waals surface area contributed by atoms with Gasteiger partial charge in [0.1, 0.15) is 0 Å². The molecule has 2 aliphatic rings. The zero-order chi connectivity index (χ0) is 17.4. The number of aliphatic hydroxyl groups is 1. The van der Waals surface area contributed by atoms with Crippen molar-refractivity contribution in [2.75, 3.05) is 20.2 Å². The first-order chi connectivity index (χ1) is 11.5. The molecule has 0 saturated carbocycles. The van der Waals surface area contributed by atoms with Gasteiger partial charge in [-0.1, -0.05) is 41.6 Å². The molecule has 3 rings (SSSR count). The van der Waals surface area contributed by atoms with Crippen molar-refractivity contribution in [1.82, 2.24) is 9.80 Å². The van der Waals surface area contributed by atoms with Gasteiger partial charge in [-0.15, -0.1) is 0 Å². The van der Waals surface area contributed by atoms with E-state index in [0.717, 1.165) is 16.0 Å². The molecular formula is C17H19ClN2O3S. The monoisotopic (exact) mass is 366 g/mol. The lowest BCUT2D eigenvalue weighted by Gasteiger charge is -2.40. The van der Waals surface area contributed by atoms with Crippen LogP contribution in [0.25, 0.3) is 4.91 Å². The van der Waals surface area contributed by atoms with Crippen LogP contribution in [-0.4, -0.2) is 52.4 Å². The minimum absolute atomic E-state index is 0.0523. The summed E-state index contributed by atoms with van der Waals surface area (Å²) in [6.07, 6.45) is 0.385. The molecule has 0 radical (unpaired) electrons. The molecule has 2 unspecified atom stereocenters. The van der Waals surface area contributed by atoms with Crippen molar-refractivity contribution in [1.29, 1.82) is 0 Å². The van der Waals surface area contributed by atoms with Crippen LogP contribution >= 0.6 is 23.4 Å². The second-order valence-electron chi connectivity index (χ2n) is 5.94. The second-order valence-corrected chi connectivity index (χ2v) is 7.47. The van der Waals surface area contributed by atoms with Crippen LogP contribution in [0.1, 0.15) is 18.9 Å². The molecule has 24 heavy (non-hydrogen) atoms. The second kappa shape index (κ2) is 6.78. The number of rotatable bonds is 4. The normalized spacial score (nSPS) is 24.0. The number of fused-ring (bicyclic) bond motifs is 1. The Morgan fingerprint density at radius 3 is 2.67 bits per heavy atom. The van der Waals surface area contributed by atoms with Gasteiger partial charge >= 0.3 is 6.03 Å². The molecule has 0 aliphatic carbocycles. The lowest BCUT2D eigenvalue weighted by atomic mass is 9.94. The van der Waals surface area contributed by atoms with E-state index in [9.17, 15) is 9.59 Å². The molecule has 2 heterocycles. The zero-order valence-electron chi connectivity index (χ0n) is 13.5. The van der Waals surface area contributed by atoms with E-state index in [1.807, 2.05) is 31.2 Å². The van der Waals surface area contributed by atoms with E-state index in [-0.39, 0.29) is 36.4 Å². The van der Waals surface area contributed by atoms with E-state index in [0.29, 0.717) is 11.4 Å². The Hall–Kier alpha value is -1.50. The predicted octanol–water partition coefficient (Wildman–Crippen LogP) is 3.04. The van der Waals surface area contributed by atoms with Crippen LogP contribution in [0.3, 0.4) is 0 Å². The average Bonchev–Trinajstić information content (AvgIpc) is 2.91. The smallest absolute Gasteiger partial charge is 0.327 e. The number of aliphatic hydroxyl groups excluding tert-OH is 1. The summed E-state index contributed by atoms with van der Waals surface area (Å²) in [5.41, 5.74) is 1.84. The summed E-state index contributed by atoms with van der Waals surface area (Å²) in [7, 11) is 1.72. The molecule has 1 N–H and O–H groups in total. The van der Waals surface area contributed by atoms with Crippen molar-refractivity contribution in [3.05, 3.63) is 40.4 Å². The van der Waals surface area contributed by atoms with Crippen LogP contribution in [0.15, 0.2) is 29.8 Å². The molecule has 7 heteroatoms. The number of amides is 3. The number of thioether (sulfide) groups is 1. The molecule has 1 aromatic carbocycles. The van der Waals surface area contributed by atoms with Gasteiger partial charge in [0.05, 0.1) is 11.3 Å². The Morgan fingerprint density at radius 2 is 2.00 bits per heavy atom. The maximum Gasteiger partial charge on any atom is 0.327 e. The lowest BCUT2D eigenvalue weighted by Crippen LogP contribution is -2.58. The van der Waals surface area contributed by atoms with Crippen LogP contribution in [-0.2, 0) is 4.79 Å². The van der Waals surface area contributed by atoms with Crippen molar-refractivity contribution in [3.63, 3.8) is 0 Å². The van der Waals surface area contributed by atoms with Crippen molar-refractivity contribution >= 4 is 40.2 Å². The van der Waals surface area contributed by atoms with Gasteiger partial charge in [-0.2, -0.15) is 0 Å². The summed E-state index contributed by atoms with van der Waals surface area (Å²) >= 11 is 7.83. The number of urea groups is 1. The highest BCUT2D eigenvalue weighted by molar-refractivity contribution is 8.09. The predicted molar refractivity (Wildman–Crippen MR) is 95.5 cm³/mol. The van der Waals surface area contributed by atoms with E-state index < -0.39 is 0 Å². The van der Waals surface area contributed by atoms with E-state index in [2.05, 4.69) is 0 Å². The third-order valence-corrected chi connectivity index (χ3v) is 6.39. The molecule has 0 spiro atoms. The topological polar surface area (TPSA) is 60.9 Å². The quantitative estimate of drug-likeness (QED) is 0.889. The summed E-state index contributed by atoms with van der Waals surface area (Å²) in [5, 5.41) is 9.39. The average molecular weight is 367 g/mol. The molecule has 1 aromatic rings. The Morgan fingerprint density at radius 1 is 1.29 bits per heavy atom. The first kappa shape index (κ1) is 17.3. The van der Waals surface area contributed by atoms with E-state index in [1.54, 1.807) is 11.9 Å². The minimum atomic E-state index is -0.373. The standard InChI is InChI=1S/C17H19ClN2O3S/c1-10-13-15(22)20(8-5-9-21)17(23)19(2)16(13)24-14(10)11-6-3-4-7-12(11)18/h3-4,6-7,13,16,21H,5,8-9H2,1-2H3. The molecule has 1 fully saturated rings. The molecule has 2 atom stereocenters. The third-order valence-electron chi connectivity index (χ3n) is 4.45. The van der Waals surface area contributed by atoms with Crippen molar-refractivity contribution in [2.45, 2.75) is 18.7 Å². The van der Waals surface area contributed by atoms with Gasteiger partial charge in [0, 0.05) is 35.7 Å². The van der Waals surface area contributed by atoms with Gasteiger partial charge in [-0.25, -0.2) is 4.79 Å². The molecule has 0 bridgehead atoms. The highest BCUT2D eigenvalue weighted by Gasteiger charge is 2.50. The van der Waals surface area contributed by atoms with E-state index >= 15 is 0 Å². The van der Waals surface area contributed by atoms with Crippen LogP contribution in [0, 0.1) is 5.92 Å². The summed E-state index contributed by atoms with van der Waals surface area (Å²) in [6, 6.07) is 7.22. The van der Waals surface area contributed by atoms with Crippen LogP contribution < -0.4 is 0 Å². The number of carbonyl (C=O) groups is 2. The fourth-order valence-electron chi connectivity index (χ4n) is 3.16. The maximum absolute atomic E-state index is 12.9. The maximum atomic E-state index is 12.9. The number of nitrogens with zero attached hydrogens (tertiary/aromatic N) is 2. The van der Waals surface area contributed by atoms with Gasteiger partial charge in [0.2, 0.25) is 5.91 Å². The summed E-state index contributed by atoms with van der Waals surface area (Å²) in [4.78, 5) is 29.2. The van der Waals surface area contributed by atoms with Gasteiger partial charge < -0.3 is 10.0 Å². The summed E-state index contributed by atoms with van der Waals surface area (Å²) in [6.45, 7) is 2.12. The van der Waals surface area contributed by atoms with Crippen LogP contribution in [0.5, 0.6) is 0 Å². The van der Waals surface area contributed by atoms with Crippen molar-refractivity contribution in [2.24, 2.45) is 5.92 Å². The first-order valence-electron chi connectivity index (χ1n) is 7.78. The van der Waals surface area contributed by atoms with Crippen LogP contribution in [0.4, 0.5) is 4.79 Å². The Bertz CT molecular complexity index is 722. The van der Waals surface area contributed by atoms with Gasteiger partial charge in [-0.3, -0.25) is 9.69 Å². The Balaban J connectivity index is 1.98. The molecular weight excluding hydrogens is 348 g/mol. The van der Waals surface area contributed by atoms with Gasteiger partial charge in [0.25, 0.3) is 0 Å². The van der Waals surface area contributed by atoms with Crippen LogP contribution in [0.2, 0.25) is 5.02 Å². The number of benzene rings is 1. The highest BCUT2D eigenvalue weighted by Crippen LogP contribution is 2.51. The Kier molecular flexibility index (Phi) is 4.90. The molecule has 128 valence electrons. The number of hydrogen-bond acceptors (Lipinski definition) is 4. The molecule has 5 nitrogen and oxygen atoms in total. The number of imide groups is 1. The zero-order valence-corrected chi connectivity index (χ0v) is 15.1. The third kappa shape index (κ3) is 2.72. The molecule has 0 aromatic heterocycles. The van der Waals surface area contributed by atoms with Gasteiger partial charge in [0.15, 0.2) is 0 Å². The largest absolute Gasteiger partial charge is 0.396 e. The highest BCUT2D eigenvalue weighted by atomic mass is 35.5. The summed E-state index contributed by atoms with van der Waals surface area (Å²) < 4.78 is 0. The van der Waals surface area contributed by atoms with Crippen molar-refractivity contribution < 1.29 is 14.7 Å². The first-order valence-corrected chi connectivity index (χ1v) is 9.04. The fourth-order valence-corrected chi connectivity index (χ4v) is 5.01. The van der Waals surface area contributed by atoms with E-state index in [1.165, 1.54) is 16.7 Å². The Labute approximate surface area is 150 Å². The fraction of sp³-hybridized carbons (Fsp3) is 0.412. The molecule has 2 aliphatic heterocycles. The molecule has 1 saturated heterocycles. The van der Waals surface area contributed by atoms with Gasteiger partial charge in [-0.05, 0) is 25.0 Å². The number of halogens is 1. The molecule has 3 amide bonds.